The third-order valence-corrected chi connectivity index (χ3v) is 4.71. The molecule has 0 aliphatic carbocycles. The van der Waals surface area contributed by atoms with Crippen molar-refractivity contribution in [3.8, 4) is 22.9 Å². The molecule has 0 amide bonds. The van der Waals surface area contributed by atoms with Gasteiger partial charge in [-0.3, -0.25) is 9.59 Å². The molecule has 8 nitrogen and oxygen atoms in total. The molecule has 186 valence electrons. The summed E-state index contributed by atoms with van der Waals surface area (Å²) in [4.78, 5) is 37.1. The molecule has 0 radical (unpaired) electrons. The molecule has 3 aromatic rings. The zero-order chi connectivity index (χ0) is 25.8. The quantitative estimate of drug-likeness (QED) is 0.350. The normalized spacial score (nSPS) is 11.3. The number of rotatable bonds is 8. The number of nitrogens with one attached hydrogen (secondary N) is 1. The van der Waals surface area contributed by atoms with Gasteiger partial charge in [0.15, 0.2) is 0 Å². The molecule has 2 aromatic carbocycles. The lowest BCUT2D eigenvalue weighted by atomic mass is 10.2. The molecule has 1 N–H and O–H groups in total. The standard InChI is InChI=1S/C22H17ClF4N2O6/c1-2-33-20(31)7-8-34-12-3-5-13(6-4-12)35-17-10-16(15(24)9-14(17)23)29-19(30)11-18(22(25,26)27)28-21(29)32/h3-6,9-11H,2,7-8H2,1H3,(H,28,32). The summed E-state index contributed by atoms with van der Waals surface area (Å²) < 4.78 is 69.0. The predicted octanol–water partition coefficient (Wildman–Crippen LogP) is 4.46. The number of halogens is 5. The van der Waals surface area contributed by atoms with E-state index >= 15 is 0 Å². The Bertz CT molecular complexity index is 1300. The number of H-pyrrole nitrogens is 1. The minimum atomic E-state index is -4.97. The maximum Gasteiger partial charge on any atom is 0.431 e. The molecule has 1 aromatic heterocycles. The van der Waals surface area contributed by atoms with E-state index in [0.29, 0.717) is 5.75 Å². The maximum absolute atomic E-state index is 14.5. The Morgan fingerprint density at radius 2 is 1.74 bits per heavy atom. The minimum Gasteiger partial charge on any atom is -0.493 e. The first-order valence-corrected chi connectivity index (χ1v) is 10.4. The lowest BCUT2D eigenvalue weighted by Gasteiger charge is -2.13. The fraction of sp³-hybridized carbons (Fsp3) is 0.227. The topological polar surface area (TPSA) is 99.6 Å². The SMILES string of the molecule is CCOC(=O)CCOc1ccc(Oc2cc(-n3c(=O)cc(C(F)(F)F)[nH]c3=O)c(F)cc2Cl)cc1. The van der Waals surface area contributed by atoms with E-state index in [0.717, 1.165) is 12.1 Å². The Morgan fingerprint density at radius 3 is 2.34 bits per heavy atom. The second kappa shape index (κ2) is 10.6. The number of carbonyl (C=O) groups excluding carboxylic acids is 1. The van der Waals surface area contributed by atoms with E-state index in [1.165, 1.54) is 29.2 Å². The zero-order valence-electron chi connectivity index (χ0n) is 17.9. The number of carbonyl (C=O) groups is 1. The van der Waals surface area contributed by atoms with E-state index < -0.39 is 40.6 Å². The molecule has 0 aliphatic heterocycles. The summed E-state index contributed by atoms with van der Waals surface area (Å²) in [6, 6.07) is 7.77. The van der Waals surface area contributed by atoms with E-state index in [1.54, 1.807) is 6.92 Å². The van der Waals surface area contributed by atoms with Crippen LogP contribution in [0.15, 0.2) is 52.1 Å². The molecule has 0 saturated carbocycles. The molecule has 0 saturated heterocycles. The smallest absolute Gasteiger partial charge is 0.431 e. The zero-order valence-corrected chi connectivity index (χ0v) is 18.7. The number of benzene rings is 2. The summed E-state index contributed by atoms with van der Waals surface area (Å²) in [7, 11) is 0. The fourth-order valence-corrected chi connectivity index (χ4v) is 3.05. The average molecular weight is 517 g/mol. The number of hydrogen-bond acceptors (Lipinski definition) is 6. The number of aromatic amines is 1. The van der Waals surface area contributed by atoms with Gasteiger partial charge in [-0.15, -0.1) is 0 Å². The first-order chi connectivity index (χ1) is 16.5. The summed E-state index contributed by atoms with van der Waals surface area (Å²) in [5.41, 5.74) is -5.14. The van der Waals surface area contributed by atoms with E-state index in [2.05, 4.69) is 0 Å². The summed E-state index contributed by atoms with van der Waals surface area (Å²) in [6.07, 6.45) is -4.92. The van der Waals surface area contributed by atoms with Gasteiger partial charge in [0, 0.05) is 12.1 Å². The Morgan fingerprint density at radius 1 is 1.09 bits per heavy atom. The highest BCUT2D eigenvalue weighted by Gasteiger charge is 2.33. The highest BCUT2D eigenvalue weighted by atomic mass is 35.5. The van der Waals surface area contributed by atoms with Crippen LogP contribution >= 0.6 is 11.6 Å². The fourth-order valence-electron chi connectivity index (χ4n) is 2.86. The second-order valence-corrected chi connectivity index (χ2v) is 7.28. The third-order valence-electron chi connectivity index (χ3n) is 4.41. The Hall–Kier alpha value is -3.80. The van der Waals surface area contributed by atoms with Gasteiger partial charge in [-0.25, -0.2) is 13.8 Å². The molecule has 0 aliphatic rings. The van der Waals surface area contributed by atoms with Gasteiger partial charge < -0.3 is 19.2 Å². The van der Waals surface area contributed by atoms with Crippen LogP contribution in [-0.4, -0.2) is 28.7 Å². The molecular formula is C22H17ClF4N2O6. The molecule has 35 heavy (non-hydrogen) atoms. The number of aromatic nitrogens is 2. The van der Waals surface area contributed by atoms with E-state index in [4.69, 9.17) is 25.8 Å². The predicted molar refractivity (Wildman–Crippen MR) is 116 cm³/mol. The monoisotopic (exact) mass is 516 g/mol. The van der Waals surface area contributed by atoms with Gasteiger partial charge >= 0.3 is 17.8 Å². The van der Waals surface area contributed by atoms with E-state index in [1.807, 2.05) is 0 Å². The van der Waals surface area contributed by atoms with Crippen molar-refractivity contribution in [1.82, 2.24) is 9.55 Å². The van der Waals surface area contributed by atoms with Gasteiger partial charge in [-0.2, -0.15) is 13.2 Å². The van der Waals surface area contributed by atoms with Crippen LogP contribution in [0.4, 0.5) is 17.6 Å². The van der Waals surface area contributed by atoms with Crippen LogP contribution in [0.3, 0.4) is 0 Å². The summed E-state index contributed by atoms with van der Waals surface area (Å²) in [6.45, 7) is 2.04. The summed E-state index contributed by atoms with van der Waals surface area (Å²) >= 11 is 6.00. The van der Waals surface area contributed by atoms with Crippen LogP contribution in [0, 0.1) is 5.82 Å². The van der Waals surface area contributed by atoms with Gasteiger partial charge in [0.2, 0.25) is 0 Å². The van der Waals surface area contributed by atoms with Crippen LogP contribution in [0.1, 0.15) is 19.0 Å². The maximum atomic E-state index is 14.5. The third kappa shape index (κ3) is 6.41. The van der Waals surface area contributed by atoms with Gasteiger partial charge in [-0.05, 0) is 37.3 Å². The van der Waals surface area contributed by atoms with Crippen molar-refractivity contribution in [3.05, 3.63) is 79.8 Å². The summed E-state index contributed by atoms with van der Waals surface area (Å²) in [5.74, 6) is -1.10. The van der Waals surface area contributed by atoms with Crippen molar-refractivity contribution >= 4 is 17.6 Å². The molecule has 0 unspecified atom stereocenters. The van der Waals surface area contributed by atoms with Crippen molar-refractivity contribution in [2.45, 2.75) is 19.5 Å². The molecule has 3 rings (SSSR count). The largest absolute Gasteiger partial charge is 0.493 e. The summed E-state index contributed by atoms with van der Waals surface area (Å²) in [5, 5.41) is -0.225. The van der Waals surface area contributed by atoms with Crippen molar-refractivity contribution in [1.29, 1.82) is 0 Å². The van der Waals surface area contributed by atoms with Gasteiger partial charge in [0.25, 0.3) is 5.56 Å². The van der Waals surface area contributed by atoms with Crippen LogP contribution in [0.25, 0.3) is 5.69 Å². The van der Waals surface area contributed by atoms with Crippen LogP contribution in [-0.2, 0) is 15.7 Å². The van der Waals surface area contributed by atoms with E-state index in [9.17, 15) is 31.9 Å². The molecule has 0 spiro atoms. The Kier molecular flexibility index (Phi) is 7.85. The van der Waals surface area contributed by atoms with Crippen LogP contribution < -0.4 is 20.7 Å². The molecular weight excluding hydrogens is 500 g/mol. The highest BCUT2D eigenvalue weighted by molar-refractivity contribution is 6.32. The number of hydrogen-bond donors (Lipinski definition) is 1. The van der Waals surface area contributed by atoms with E-state index in [-0.39, 0.29) is 46.8 Å². The lowest BCUT2D eigenvalue weighted by Crippen LogP contribution is -2.36. The van der Waals surface area contributed by atoms with Gasteiger partial charge in [-0.1, -0.05) is 11.6 Å². The Balaban J connectivity index is 1.83. The number of nitrogens with zero attached hydrogens (tertiary/aromatic N) is 1. The Labute approximate surface area is 199 Å². The van der Waals surface area contributed by atoms with Crippen molar-refractivity contribution in [2.24, 2.45) is 0 Å². The van der Waals surface area contributed by atoms with Crippen LogP contribution in [0.5, 0.6) is 17.2 Å². The number of alkyl halides is 3. The molecule has 0 fully saturated rings. The molecule has 0 atom stereocenters. The lowest BCUT2D eigenvalue weighted by molar-refractivity contribution is -0.143. The average Bonchev–Trinajstić information content (AvgIpc) is 2.77. The van der Waals surface area contributed by atoms with Gasteiger partial charge in [0.1, 0.15) is 28.8 Å². The van der Waals surface area contributed by atoms with Crippen LogP contribution in [0.2, 0.25) is 5.02 Å². The molecule has 0 bridgehead atoms. The minimum absolute atomic E-state index is 0.0580. The molecule has 13 heteroatoms. The molecule has 1 heterocycles. The van der Waals surface area contributed by atoms with Crippen molar-refractivity contribution in [3.63, 3.8) is 0 Å². The van der Waals surface area contributed by atoms with Crippen molar-refractivity contribution < 1.29 is 36.6 Å². The second-order valence-electron chi connectivity index (χ2n) is 6.87. The number of ether oxygens (including phenoxy) is 3. The van der Waals surface area contributed by atoms with Gasteiger partial charge in [0.05, 0.1) is 30.3 Å². The van der Waals surface area contributed by atoms with Crippen molar-refractivity contribution in [2.75, 3.05) is 13.2 Å². The first kappa shape index (κ1) is 25.8. The highest BCUT2D eigenvalue weighted by Crippen LogP contribution is 2.33. The first-order valence-electron chi connectivity index (χ1n) is 9.99. The number of esters is 1.